The zero-order chi connectivity index (χ0) is 22.9. The van der Waals surface area contributed by atoms with E-state index in [1.807, 2.05) is 12.1 Å². The van der Waals surface area contributed by atoms with E-state index in [2.05, 4.69) is 21.5 Å². The van der Waals surface area contributed by atoms with Crippen LogP contribution in [0.1, 0.15) is 27.2 Å². The van der Waals surface area contributed by atoms with Gasteiger partial charge in [-0.1, -0.05) is 23.9 Å². The van der Waals surface area contributed by atoms with Gasteiger partial charge in [-0.15, -0.1) is 0 Å². The minimum atomic E-state index is -4.74. The zero-order valence-corrected chi connectivity index (χ0v) is 17.3. The number of anilines is 1. The molecule has 0 saturated heterocycles. The molecule has 0 unspecified atom stereocenters. The number of benzene rings is 2. The number of alkyl halides is 3. The highest BCUT2D eigenvalue weighted by Crippen LogP contribution is 2.31. The number of aryl methyl sites for hydroxylation is 1. The summed E-state index contributed by atoms with van der Waals surface area (Å²) in [5, 5.41) is 15.0. The lowest BCUT2D eigenvalue weighted by Crippen LogP contribution is -2.17. The number of carbonyl (C=O) groups excluding carboxylic acids is 1. The third kappa shape index (κ3) is 4.60. The van der Waals surface area contributed by atoms with Crippen molar-refractivity contribution in [1.29, 1.82) is 5.26 Å². The molecule has 0 atom stereocenters. The molecule has 4 rings (SSSR count). The van der Waals surface area contributed by atoms with Crippen molar-refractivity contribution in [2.24, 2.45) is 7.05 Å². The summed E-state index contributed by atoms with van der Waals surface area (Å²) in [4.78, 5) is 16.8. The van der Waals surface area contributed by atoms with Gasteiger partial charge in [-0.05, 0) is 35.9 Å². The Morgan fingerprint density at radius 3 is 2.69 bits per heavy atom. The van der Waals surface area contributed by atoms with Crippen LogP contribution in [0.15, 0.2) is 58.3 Å². The molecule has 0 spiro atoms. The van der Waals surface area contributed by atoms with Crippen molar-refractivity contribution >= 4 is 34.5 Å². The lowest BCUT2D eigenvalue weighted by molar-refractivity contribution is -0.141. The Kier molecular flexibility index (Phi) is 5.63. The fraction of sp³-hybridized carbons (Fsp3) is 0.143. The summed E-state index contributed by atoms with van der Waals surface area (Å²) in [5.74, 6) is -0.354. The monoisotopic (exact) mass is 457 g/mol. The van der Waals surface area contributed by atoms with Crippen LogP contribution in [0.4, 0.5) is 18.9 Å². The van der Waals surface area contributed by atoms with E-state index in [1.54, 1.807) is 18.2 Å². The summed E-state index contributed by atoms with van der Waals surface area (Å²) in [5.41, 5.74) is 0.942. The number of nitrogens with one attached hydrogen (secondary N) is 1. The fourth-order valence-corrected chi connectivity index (χ4v) is 3.72. The van der Waals surface area contributed by atoms with Crippen LogP contribution in [0.25, 0.3) is 11.1 Å². The van der Waals surface area contributed by atoms with E-state index in [1.165, 1.54) is 30.9 Å². The van der Waals surface area contributed by atoms with Gasteiger partial charge in [0.1, 0.15) is 5.52 Å². The number of thioether (sulfide) groups is 1. The van der Waals surface area contributed by atoms with Crippen LogP contribution >= 0.6 is 11.8 Å². The second-order valence-corrected chi connectivity index (χ2v) is 7.70. The van der Waals surface area contributed by atoms with E-state index in [0.717, 1.165) is 16.4 Å². The Hall–Kier alpha value is -3.78. The molecule has 32 heavy (non-hydrogen) atoms. The number of rotatable bonds is 5. The Labute approximate surface area is 183 Å². The number of oxazole rings is 1. The second-order valence-electron chi connectivity index (χ2n) is 6.78. The van der Waals surface area contributed by atoms with Crippen molar-refractivity contribution in [3.8, 4) is 6.07 Å². The molecule has 0 bridgehead atoms. The van der Waals surface area contributed by atoms with Gasteiger partial charge in [-0.2, -0.15) is 23.5 Å². The second kappa shape index (κ2) is 8.39. The normalized spacial score (nSPS) is 11.5. The maximum absolute atomic E-state index is 13.1. The summed E-state index contributed by atoms with van der Waals surface area (Å²) in [6, 6.07) is 13.8. The molecule has 11 heteroatoms. The molecular weight excluding hydrogens is 443 g/mol. The minimum absolute atomic E-state index is 0.274. The number of hydrogen-bond donors (Lipinski definition) is 1. The van der Waals surface area contributed by atoms with E-state index in [9.17, 15) is 18.0 Å². The maximum atomic E-state index is 13.1. The molecule has 2 aromatic carbocycles. The molecule has 2 heterocycles. The van der Waals surface area contributed by atoms with Crippen molar-refractivity contribution in [3.63, 3.8) is 0 Å². The summed E-state index contributed by atoms with van der Waals surface area (Å²) in [6.07, 6.45) is -3.73. The number of halogens is 3. The molecule has 0 aliphatic heterocycles. The van der Waals surface area contributed by atoms with Crippen LogP contribution in [0.5, 0.6) is 0 Å². The molecule has 4 aromatic rings. The van der Waals surface area contributed by atoms with Crippen molar-refractivity contribution < 1.29 is 22.4 Å². The minimum Gasteiger partial charge on any atom is -0.431 e. The summed E-state index contributed by atoms with van der Waals surface area (Å²) in [6.45, 7) is 0. The van der Waals surface area contributed by atoms with Gasteiger partial charge in [0.2, 0.25) is 0 Å². The molecule has 2 aromatic heterocycles. The number of fused-ring (bicyclic) bond motifs is 1. The average Bonchev–Trinajstić information content (AvgIpc) is 3.35. The number of hydrogen-bond acceptors (Lipinski definition) is 6. The zero-order valence-electron chi connectivity index (χ0n) is 16.5. The highest BCUT2D eigenvalue weighted by molar-refractivity contribution is 7.98. The summed E-state index contributed by atoms with van der Waals surface area (Å²) >= 11 is 1.35. The quantitative estimate of drug-likeness (QED) is 0.424. The highest BCUT2D eigenvalue weighted by Gasteiger charge is 2.39. The molecule has 1 amide bonds. The Bertz CT molecular complexity index is 1340. The third-order valence-electron chi connectivity index (χ3n) is 4.41. The lowest BCUT2D eigenvalue weighted by atomic mass is 10.2. The van der Waals surface area contributed by atoms with Crippen molar-refractivity contribution in [1.82, 2.24) is 14.8 Å². The standard InChI is InChI=1S/C21H14F3N5O2S/c1-29-10-15(18(28-29)21(22,23)24)19(30)26-14-6-7-17-16(8-14)27-20(31-17)32-11-13-4-2-12(9-25)3-5-13/h2-8,10H,11H2,1H3,(H,26,30). The van der Waals surface area contributed by atoms with Gasteiger partial charge in [-0.25, -0.2) is 4.98 Å². The van der Waals surface area contributed by atoms with E-state index >= 15 is 0 Å². The molecular formula is C21H14F3N5O2S. The Balaban J connectivity index is 1.48. The van der Waals surface area contributed by atoms with Crippen LogP contribution in [0.3, 0.4) is 0 Å². The largest absolute Gasteiger partial charge is 0.435 e. The molecule has 0 aliphatic rings. The Morgan fingerprint density at radius 1 is 1.25 bits per heavy atom. The van der Waals surface area contributed by atoms with Gasteiger partial charge >= 0.3 is 6.18 Å². The smallest absolute Gasteiger partial charge is 0.431 e. The average molecular weight is 457 g/mol. The molecule has 1 N–H and O–H groups in total. The predicted molar refractivity (Wildman–Crippen MR) is 111 cm³/mol. The van der Waals surface area contributed by atoms with Gasteiger partial charge in [0, 0.05) is 24.7 Å². The van der Waals surface area contributed by atoms with Crippen molar-refractivity contribution in [2.75, 3.05) is 5.32 Å². The molecule has 0 aliphatic carbocycles. The topological polar surface area (TPSA) is 96.7 Å². The van der Waals surface area contributed by atoms with Crippen LogP contribution in [0.2, 0.25) is 0 Å². The van der Waals surface area contributed by atoms with Crippen LogP contribution < -0.4 is 5.32 Å². The first-order chi connectivity index (χ1) is 15.2. The summed E-state index contributed by atoms with van der Waals surface area (Å²) in [7, 11) is 1.31. The SMILES string of the molecule is Cn1cc(C(=O)Nc2ccc3oc(SCc4ccc(C#N)cc4)nc3c2)c(C(F)(F)F)n1. The van der Waals surface area contributed by atoms with Gasteiger partial charge in [-0.3, -0.25) is 9.48 Å². The van der Waals surface area contributed by atoms with Crippen molar-refractivity contribution in [2.45, 2.75) is 17.2 Å². The summed E-state index contributed by atoms with van der Waals surface area (Å²) < 4.78 is 45.9. The number of aromatic nitrogens is 3. The molecule has 7 nitrogen and oxygen atoms in total. The van der Waals surface area contributed by atoms with E-state index < -0.39 is 23.3 Å². The fourth-order valence-electron chi connectivity index (χ4n) is 2.93. The van der Waals surface area contributed by atoms with E-state index in [4.69, 9.17) is 9.68 Å². The number of amides is 1. The van der Waals surface area contributed by atoms with Gasteiger partial charge in [0.25, 0.3) is 11.1 Å². The van der Waals surface area contributed by atoms with E-state index in [0.29, 0.717) is 27.6 Å². The van der Waals surface area contributed by atoms with Gasteiger partial charge in [0.15, 0.2) is 11.3 Å². The van der Waals surface area contributed by atoms with Crippen LogP contribution in [-0.2, 0) is 19.0 Å². The molecule has 0 fully saturated rings. The van der Waals surface area contributed by atoms with E-state index in [-0.39, 0.29) is 5.69 Å². The van der Waals surface area contributed by atoms with Gasteiger partial charge in [0.05, 0.1) is 17.2 Å². The van der Waals surface area contributed by atoms with Gasteiger partial charge < -0.3 is 9.73 Å². The number of carbonyl (C=O) groups is 1. The first-order valence-electron chi connectivity index (χ1n) is 9.17. The molecule has 0 saturated carbocycles. The number of nitrogens with zero attached hydrogens (tertiary/aromatic N) is 4. The van der Waals surface area contributed by atoms with Crippen LogP contribution in [-0.4, -0.2) is 20.7 Å². The Morgan fingerprint density at radius 2 is 2.00 bits per heavy atom. The first-order valence-corrected chi connectivity index (χ1v) is 10.2. The third-order valence-corrected chi connectivity index (χ3v) is 5.31. The molecule has 162 valence electrons. The first kappa shape index (κ1) is 21.5. The van der Waals surface area contributed by atoms with Crippen molar-refractivity contribution in [3.05, 3.63) is 71.0 Å². The molecule has 0 radical (unpaired) electrons. The maximum Gasteiger partial charge on any atom is 0.435 e. The lowest BCUT2D eigenvalue weighted by Gasteiger charge is -2.07. The van der Waals surface area contributed by atoms with Crippen LogP contribution in [0, 0.1) is 11.3 Å². The highest BCUT2D eigenvalue weighted by atomic mass is 32.2. The number of nitriles is 1. The predicted octanol–water partition coefficient (Wildman–Crippen LogP) is 5.00.